The Hall–Kier alpha value is -2.51. The molecule has 1 N–H and O–H groups in total. The fourth-order valence-corrected chi connectivity index (χ4v) is 4.31. The molecule has 0 aliphatic carbocycles. The second kappa shape index (κ2) is 7.25. The van der Waals surface area contributed by atoms with E-state index in [0.29, 0.717) is 5.56 Å². The number of amides is 1. The minimum Gasteiger partial charge on any atom is -0.311 e. The number of aryl methyl sites for hydroxylation is 2. The number of benzene rings is 2. The monoisotopic (exact) mass is 386 g/mol. The molecule has 1 fully saturated rings. The predicted octanol–water partition coefficient (Wildman–Crippen LogP) is 2.59. The van der Waals surface area contributed by atoms with Gasteiger partial charge in [0.25, 0.3) is 0 Å². The van der Waals surface area contributed by atoms with Crippen molar-refractivity contribution in [1.82, 2.24) is 4.72 Å². The zero-order valence-corrected chi connectivity index (χ0v) is 16.3. The van der Waals surface area contributed by atoms with Crippen molar-refractivity contribution >= 4 is 27.4 Å². The molecule has 0 radical (unpaired) electrons. The maximum Gasteiger partial charge on any atom is 0.240 e. The van der Waals surface area contributed by atoms with Gasteiger partial charge in [-0.2, -0.15) is 0 Å². The number of carbonyl (C=O) groups is 2. The summed E-state index contributed by atoms with van der Waals surface area (Å²) in [6.07, 6.45) is 0.109. The van der Waals surface area contributed by atoms with Gasteiger partial charge in [-0.05, 0) is 56.2 Å². The van der Waals surface area contributed by atoms with Crippen molar-refractivity contribution in [2.24, 2.45) is 0 Å². The number of hydrogen-bond acceptors (Lipinski definition) is 4. The molecule has 3 rings (SSSR count). The standard InChI is InChI=1S/C20H22N2O4S/c1-13-4-7-18(10-14(13)2)22-12-17(11-20(22)24)21-27(25,26)19-8-5-16(6-9-19)15(3)23/h4-10,17,21H,11-12H2,1-3H3/t17-/m1/s1. The van der Waals surface area contributed by atoms with Crippen LogP contribution < -0.4 is 9.62 Å². The Balaban J connectivity index is 1.75. The molecule has 0 saturated carbocycles. The van der Waals surface area contributed by atoms with Crippen molar-refractivity contribution < 1.29 is 18.0 Å². The van der Waals surface area contributed by atoms with Gasteiger partial charge in [-0.15, -0.1) is 0 Å². The molecule has 6 nitrogen and oxygen atoms in total. The van der Waals surface area contributed by atoms with Crippen LogP contribution in [0.3, 0.4) is 0 Å². The van der Waals surface area contributed by atoms with Gasteiger partial charge in [-0.1, -0.05) is 18.2 Å². The Kier molecular flexibility index (Phi) is 5.17. The predicted molar refractivity (Wildman–Crippen MR) is 103 cm³/mol. The number of carbonyl (C=O) groups excluding carboxylic acids is 2. The van der Waals surface area contributed by atoms with E-state index in [-0.39, 0.29) is 29.6 Å². The average molecular weight is 386 g/mol. The zero-order chi connectivity index (χ0) is 19.8. The van der Waals surface area contributed by atoms with Crippen LogP contribution in [-0.2, 0) is 14.8 Å². The molecule has 2 aromatic carbocycles. The summed E-state index contributed by atoms with van der Waals surface area (Å²) in [6.45, 7) is 5.68. The summed E-state index contributed by atoms with van der Waals surface area (Å²) in [5.74, 6) is -0.241. The fourth-order valence-electron chi connectivity index (χ4n) is 3.09. The number of sulfonamides is 1. The van der Waals surface area contributed by atoms with Crippen LogP contribution in [0.4, 0.5) is 5.69 Å². The number of nitrogens with zero attached hydrogens (tertiary/aromatic N) is 1. The first-order valence-corrected chi connectivity index (χ1v) is 10.2. The third-order valence-electron chi connectivity index (χ3n) is 4.82. The highest BCUT2D eigenvalue weighted by Gasteiger charge is 2.33. The molecule has 2 aromatic rings. The Morgan fingerprint density at radius 2 is 1.74 bits per heavy atom. The van der Waals surface area contributed by atoms with E-state index in [1.165, 1.54) is 31.2 Å². The molecule has 0 unspecified atom stereocenters. The summed E-state index contributed by atoms with van der Waals surface area (Å²) >= 11 is 0. The van der Waals surface area contributed by atoms with Gasteiger partial charge in [-0.25, -0.2) is 13.1 Å². The van der Waals surface area contributed by atoms with E-state index in [4.69, 9.17) is 0 Å². The van der Waals surface area contributed by atoms with Crippen molar-refractivity contribution in [3.8, 4) is 0 Å². The lowest BCUT2D eigenvalue weighted by molar-refractivity contribution is -0.117. The van der Waals surface area contributed by atoms with E-state index in [1.54, 1.807) is 4.90 Å². The second-order valence-electron chi connectivity index (χ2n) is 6.88. The Morgan fingerprint density at radius 3 is 2.33 bits per heavy atom. The van der Waals surface area contributed by atoms with Crippen molar-refractivity contribution in [2.45, 2.75) is 38.1 Å². The van der Waals surface area contributed by atoms with Crippen LogP contribution in [0, 0.1) is 13.8 Å². The molecule has 1 heterocycles. The normalized spacial score (nSPS) is 17.4. The molecular formula is C20H22N2O4S. The summed E-state index contributed by atoms with van der Waals surface area (Å²) in [4.78, 5) is 25.4. The molecule has 1 aliphatic rings. The number of nitrogens with one attached hydrogen (secondary N) is 1. The minimum absolute atomic E-state index is 0.0737. The highest BCUT2D eigenvalue weighted by atomic mass is 32.2. The molecule has 7 heteroatoms. The van der Waals surface area contributed by atoms with Crippen LogP contribution in [0.25, 0.3) is 0 Å². The van der Waals surface area contributed by atoms with Gasteiger partial charge in [0.15, 0.2) is 5.78 Å². The molecular weight excluding hydrogens is 364 g/mol. The van der Waals surface area contributed by atoms with E-state index in [1.807, 2.05) is 32.0 Å². The maximum atomic E-state index is 12.6. The lowest BCUT2D eigenvalue weighted by atomic mass is 10.1. The smallest absolute Gasteiger partial charge is 0.240 e. The summed E-state index contributed by atoms with van der Waals surface area (Å²) < 4.78 is 27.8. The quantitative estimate of drug-likeness (QED) is 0.801. The summed E-state index contributed by atoms with van der Waals surface area (Å²) in [5, 5.41) is 0. The van der Waals surface area contributed by atoms with Gasteiger partial charge in [0.1, 0.15) is 0 Å². The lowest BCUT2D eigenvalue weighted by Crippen LogP contribution is -2.37. The first-order chi connectivity index (χ1) is 12.7. The van der Waals surface area contributed by atoms with Crippen molar-refractivity contribution in [3.63, 3.8) is 0 Å². The van der Waals surface area contributed by atoms with Gasteiger partial charge >= 0.3 is 0 Å². The number of hydrogen-bond donors (Lipinski definition) is 1. The first-order valence-electron chi connectivity index (χ1n) is 8.68. The molecule has 1 amide bonds. The summed E-state index contributed by atoms with van der Waals surface area (Å²) in [5.41, 5.74) is 3.44. The van der Waals surface area contributed by atoms with Gasteiger partial charge in [0.2, 0.25) is 15.9 Å². The van der Waals surface area contributed by atoms with Crippen molar-refractivity contribution in [1.29, 1.82) is 0 Å². The molecule has 0 spiro atoms. The van der Waals surface area contributed by atoms with Crippen LogP contribution in [-0.4, -0.2) is 32.7 Å². The number of Topliss-reactive ketones (excluding diaryl/α,β-unsaturated/α-hetero) is 1. The van der Waals surface area contributed by atoms with E-state index in [0.717, 1.165) is 16.8 Å². The van der Waals surface area contributed by atoms with E-state index < -0.39 is 16.1 Å². The molecule has 0 bridgehead atoms. The molecule has 142 valence electrons. The highest BCUT2D eigenvalue weighted by Crippen LogP contribution is 2.25. The Morgan fingerprint density at radius 1 is 1.07 bits per heavy atom. The number of rotatable bonds is 5. The topological polar surface area (TPSA) is 83.5 Å². The van der Waals surface area contributed by atoms with Crippen molar-refractivity contribution in [2.75, 3.05) is 11.4 Å². The first kappa shape index (κ1) is 19.3. The number of anilines is 1. The number of ketones is 1. The summed E-state index contributed by atoms with van der Waals surface area (Å²) in [6, 6.07) is 11.0. The van der Waals surface area contributed by atoms with Gasteiger partial charge in [0, 0.05) is 30.3 Å². The molecule has 27 heavy (non-hydrogen) atoms. The Bertz CT molecular complexity index is 997. The minimum atomic E-state index is -3.77. The SMILES string of the molecule is CC(=O)c1ccc(S(=O)(=O)N[C@@H]2CC(=O)N(c3ccc(C)c(C)c3)C2)cc1. The van der Waals surface area contributed by atoms with E-state index in [9.17, 15) is 18.0 Å². The summed E-state index contributed by atoms with van der Waals surface area (Å²) in [7, 11) is -3.77. The van der Waals surface area contributed by atoms with Crippen molar-refractivity contribution in [3.05, 3.63) is 59.2 Å². The van der Waals surface area contributed by atoms with Crippen LogP contribution in [0.15, 0.2) is 47.4 Å². The third-order valence-corrected chi connectivity index (χ3v) is 6.36. The molecule has 1 aliphatic heterocycles. The van der Waals surface area contributed by atoms with Crippen LogP contribution in [0.5, 0.6) is 0 Å². The lowest BCUT2D eigenvalue weighted by Gasteiger charge is -2.18. The van der Waals surface area contributed by atoms with Crippen LogP contribution in [0.2, 0.25) is 0 Å². The van der Waals surface area contributed by atoms with Crippen LogP contribution in [0.1, 0.15) is 34.8 Å². The van der Waals surface area contributed by atoms with Gasteiger partial charge in [0.05, 0.1) is 4.90 Å². The Labute approximate surface area is 159 Å². The molecule has 1 saturated heterocycles. The maximum absolute atomic E-state index is 12.6. The van der Waals surface area contributed by atoms with Gasteiger partial charge in [-0.3, -0.25) is 9.59 Å². The highest BCUT2D eigenvalue weighted by molar-refractivity contribution is 7.89. The van der Waals surface area contributed by atoms with E-state index >= 15 is 0 Å². The second-order valence-corrected chi connectivity index (χ2v) is 8.59. The fraction of sp³-hybridized carbons (Fsp3) is 0.300. The zero-order valence-electron chi connectivity index (χ0n) is 15.5. The third kappa shape index (κ3) is 4.09. The average Bonchev–Trinajstić information content (AvgIpc) is 2.97. The van der Waals surface area contributed by atoms with E-state index in [2.05, 4.69) is 4.72 Å². The van der Waals surface area contributed by atoms with Gasteiger partial charge < -0.3 is 4.90 Å². The largest absolute Gasteiger partial charge is 0.311 e. The van der Waals surface area contributed by atoms with Crippen LogP contribution >= 0.6 is 0 Å². The molecule has 0 aromatic heterocycles. The molecule has 1 atom stereocenters.